The van der Waals surface area contributed by atoms with Crippen molar-refractivity contribution >= 4 is 40.3 Å². The van der Waals surface area contributed by atoms with Gasteiger partial charge in [0.1, 0.15) is 12.1 Å². The Morgan fingerprint density at radius 1 is 1.24 bits per heavy atom. The lowest BCUT2D eigenvalue weighted by atomic mass is 10.0. The highest BCUT2D eigenvalue weighted by Crippen LogP contribution is 2.41. The van der Waals surface area contributed by atoms with E-state index in [-0.39, 0.29) is 17.3 Å². The summed E-state index contributed by atoms with van der Waals surface area (Å²) in [6.45, 7) is 0.634. The van der Waals surface area contributed by atoms with Crippen LogP contribution in [0.15, 0.2) is 48.8 Å². The Balaban J connectivity index is 1.81. The summed E-state index contributed by atoms with van der Waals surface area (Å²) >= 11 is 6.08. The fourth-order valence-electron chi connectivity index (χ4n) is 3.49. The second kappa shape index (κ2) is 7.92. The molecule has 0 fully saturated rings. The van der Waals surface area contributed by atoms with Crippen molar-refractivity contribution in [1.82, 2.24) is 9.97 Å². The van der Waals surface area contributed by atoms with Crippen molar-refractivity contribution in [3.8, 4) is 5.75 Å². The Hall–Kier alpha value is -3.39. The van der Waals surface area contributed by atoms with Crippen LogP contribution in [0.5, 0.6) is 5.75 Å². The Morgan fingerprint density at radius 2 is 2.07 bits per heavy atom. The second-order valence-electron chi connectivity index (χ2n) is 6.51. The topological polar surface area (TPSA) is 93.4 Å². The maximum absolute atomic E-state index is 12.0. The van der Waals surface area contributed by atoms with Gasteiger partial charge in [-0.05, 0) is 42.7 Å². The van der Waals surface area contributed by atoms with Gasteiger partial charge in [-0.25, -0.2) is 9.97 Å². The number of hydrogen-bond acceptors (Lipinski definition) is 7. The zero-order valence-corrected chi connectivity index (χ0v) is 16.4. The lowest BCUT2D eigenvalue weighted by Gasteiger charge is -2.30. The number of halogens is 1. The van der Waals surface area contributed by atoms with Crippen LogP contribution < -0.4 is 15.0 Å². The van der Waals surface area contributed by atoms with Crippen LogP contribution in [-0.2, 0) is 6.42 Å². The average Bonchev–Trinajstić information content (AvgIpc) is 2.73. The molecule has 0 amide bonds. The third-order valence-electron chi connectivity index (χ3n) is 4.77. The lowest BCUT2D eigenvalue weighted by Crippen LogP contribution is -2.26. The predicted molar refractivity (Wildman–Crippen MR) is 112 cm³/mol. The SMILES string of the molecule is COc1ccc(Cl)cc1Nc1ncnc(N2CCCc3ccccc32)c1[N+](=O)[O-]. The van der Waals surface area contributed by atoms with E-state index in [0.29, 0.717) is 23.0 Å². The summed E-state index contributed by atoms with van der Waals surface area (Å²) in [5.41, 5.74) is 2.34. The van der Waals surface area contributed by atoms with Crippen molar-refractivity contribution in [1.29, 1.82) is 0 Å². The maximum Gasteiger partial charge on any atom is 0.354 e. The van der Waals surface area contributed by atoms with E-state index in [1.807, 2.05) is 29.2 Å². The third kappa shape index (κ3) is 3.66. The van der Waals surface area contributed by atoms with Gasteiger partial charge in [0.25, 0.3) is 0 Å². The number of hydrogen-bond donors (Lipinski definition) is 1. The third-order valence-corrected chi connectivity index (χ3v) is 5.00. The first kappa shape index (κ1) is 18.9. The summed E-state index contributed by atoms with van der Waals surface area (Å²) < 4.78 is 5.32. The molecule has 0 unspecified atom stereocenters. The molecule has 3 aromatic rings. The minimum atomic E-state index is -0.466. The van der Waals surface area contributed by atoms with Crippen LogP contribution in [0.1, 0.15) is 12.0 Å². The van der Waals surface area contributed by atoms with Gasteiger partial charge in [-0.1, -0.05) is 29.8 Å². The number of benzene rings is 2. The van der Waals surface area contributed by atoms with Gasteiger partial charge in [-0.15, -0.1) is 0 Å². The molecule has 1 aliphatic rings. The molecule has 1 aliphatic heterocycles. The minimum Gasteiger partial charge on any atom is -0.495 e. The van der Waals surface area contributed by atoms with E-state index in [1.165, 1.54) is 13.4 Å². The number of aryl methyl sites for hydroxylation is 1. The van der Waals surface area contributed by atoms with E-state index in [1.54, 1.807) is 18.2 Å². The fraction of sp³-hybridized carbons (Fsp3) is 0.200. The first-order chi connectivity index (χ1) is 14.1. The molecule has 2 aromatic carbocycles. The molecule has 2 heterocycles. The normalized spacial score (nSPS) is 13.0. The molecule has 1 aromatic heterocycles. The molecule has 0 radical (unpaired) electrons. The molecule has 0 bridgehead atoms. The molecule has 0 spiro atoms. The van der Waals surface area contributed by atoms with Crippen LogP contribution in [0.25, 0.3) is 0 Å². The first-order valence-electron chi connectivity index (χ1n) is 9.04. The van der Waals surface area contributed by atoms with Gasteiger partial charge >= 0.3 is 5.69 Å². The molecule has 0 saturated heterocycles. The number of nitrogens with one attached hydrogen (secondary N) is 1. The van der Waals surface area contributed by atoms with E-state index in [9.17, 15) is 10.1 Å². The zero-order valence-electron chi connectivity index (χ0n) is 15.6. The van der Waals surface area contributed by atoms with Crippen LogP contribution >= 0.6 is 11.6 Å². The van der Waals surface area contributed by atoms with Gasteiger partial charge in [-0.3, -0.25) is 10.1 Å². The van der Waals surface area contributed by atoms with Gasteiger partial charge < -0.3 is 15.0 Å². The van der Waals surface area contributed by atoms with Gasteiger partial charge in [0, 0.05) is 17.3 Å². The number of methoxy groups -OCH3 is 1. The average molecular weight is 412 g/mol. The van der Waals surface area contributed by atoms with Gasteiger partial charge in [0.15, 0.2) is 0 Å². The molecule has 1 N–H and O–H groups in total. The molecule has 0 aliphatic carbocycles. The molecular formula is C20H18ClN5O3. The van der Waals surface area contributed by atoms with Crippen LogP contribution in [0.4, 0.5) is 28.7 Å². The first-order valence-corrected chi connectivity index (χ1v) is 9.41. The van der Waals surface area contributed by atoms with E-state index >= 15 is 0 Å². The number of nitro groups is 1. The Kier molecular flexibility index (Phi) is 5.18. The van der Waals surface area contributed by atoms with E-state index < -0.39 is 4.92 Å². The zero-order chi connectivity index (χ0) is 20.4. The van der Waals surface area contributed by atoms with Crippen LogP contribution in [0, 0.1) is 10.1 Å². The van der Waals surface area contributed by atoms with Crippen molar-refractivity contribution in [3.05, 3.63) is 69.5 Å². The van der Waals surface area contributed by atoms with Crippen molar-refractivity contribution in [2.24, 2.45) is 0 Å². The Bertz CT molecular complexity index is 1080. The number of aromatic nitrogens is 2. The number of nitrogens with zero attached hydrogens (tertiary/aromatic N) is 4. The smallest absolute Gasteiger partial charge is 0.354 e. The highest BCUT2D eigenvalue weighted by atomic mass is 35.5. The van der Waals surface area contributed by atoms with Crippen molar-refractivity contribution in [2.45, 2.75) is 12.8 Å². The van der Waals surface area contributed by atoms with E-state index in [4.69, 9.17) is 16.3 Å². The minimum absolute atomic E-state index is 0.0728. The summed E-state index contributed by atoms with van der Waals surface area (Å²) in [7, 11) is 1.51. The molecule has 8 nitrogen and oxygen atoms in total. The van der Waals surface area contributed by atoms with E-state index in [0.717, 1.165) is 24.1 Å². The summed E-state index contributed by atoms with van der Waals surface area (Å²) in [6, 6.07) is 12.9. The van der Waals surface area contributed by atoms with Crippen molar-refractivity contribution < 1.29 is 9.66 Å². The van der Waals surface area contributed by atoms with Gasteiger partial charge in [-0.2, -0.15) is 0 Å². The molecule has 4 rings (SSSR count). The molecule has 29 heavy (non-hydrogen) atoms. The molecule has 148 valence electrons. The summed E-state index contributed by atoms with van der Waals surface area (Å²) in [5.74, 6) is 0.816. The van der Waals surface area contributed by atoms with Crippen LogP contribution in [0.2, 0.25) is 5.02 Å². The molecule has 0 atom stereocenters. The number of fused-ring (bicyclic) bond motifs is 1. The van der Waals surface area contributed by atoms with Crippen LogP contribution in [-0.4, -0.2) is 28.5 Å². The lowest BCUT2D eigenvalue weighted by molar-refractivity contribution is -0.383. The Labute approximate surface area is 172 Å². The predicted octanol–water partition coefficient (Wildman–Crippen LogP) is 4.87. The van der Waals surface area contributed by atoms with Crippen molar-refractivity contribution in [2.75, 3.05) is 23.9 Å². The summed E-state index contributed by atoms with van der Waals surface area (Å²) in [5, 5.41) is 15.5. The maximum atomic E-state index is 12.0. The number of anilines is 4. The quantitative estimate of drug-likeness (QED) is 0.472. The standard InChI is InChI=1S/C20H18ClN5O3/c1-29-17-9-8-14(21)11-15(17)24-19-18(26(27)28)20(23-12-22-19)25-10-4-6-13-5-2-3-7-16(13)25/h2-3,5,7-9,11-12H,4,6,10H2,1H3,(H,22,23,24). The monoisotopic (exact) mass is 411 g/mol. The van der Waals surface area contributed by atoms with E-state index in [2.05, 4.69) is 15.3 Å². The van der Waals surface area contributed by atoms with Gasteiger partial charge in [0.2, 0.25) is 11.6 Å². The number of para-hydroxylation sites is 1. The summed E-state index contributed by atoms with van der Waals surface area (Å²) in [4.78, 5) is 21.8. The van der Waals surface area contributed by atoms with Crippen LogP contribution in [0.3, 0.4) is 0 Å². The second-order valence-corrected chi connectivity index (χ2v) is 6.94. The highest BCUT2D eigenvalue weighted by Gasteiger charge is 2.30. The molecule has 9 heteroatoms. The Morgan fingerprint density at radius 3 is 2.86 bits per heavy atom. The number of rotatable bonds is 5. The fourth-order valence-corrected chi connectivity index (χ4v) is 3.66. The van der Waals surface area contributed by atoms with Crippen molar-refractivity contribution in [3.63, 3.8) is 0 Å². The highest BCUT2D eigenvalue weighted by molar-refractivity contribution is 6.31. The summed E-state index contributed by atoms with van der Waals surface area (Å²) in [6.07, 6.45) is 3.12. The van der Waals surface area contributed by atoms with Gasteiger partial charge in [0.05, 0.1) is 17.7 Å². The molecule has 0 saturated carbocycles. The largest absolute Gasteiger partial charge is 0.495 e. The number of ether oxygens (including phenoxy) is 1. The molecular weight excluding hydrogens is 394 g/mol.